The molecule has 4 rings (SSSR count). The summed E-state index contributed by atoms with van der Waals surface area (Å²) in [6, 6.07) is 17.8. The van der Waals surface area contributed by atoms with Crippen LogP contribution in [0.1, 0.15) is 23.2 Å². The van der Waals surface area contributed by atoms with Crippen LogP contribution in [0.25, 0.3) is 0 Å². The number of nitrogens with zero attached hydrogens (tertiary/aromatic N) is 1. The number of aromatic hydroxyl groups is 1. The minimum atomic E-state index is -2.02. The van der Waals surface area contributed by atoms with E-state index in [0.29, 0.717) is 12.8 Å². The van der Waals surface area contributed by atoms with Crippen LogP contribution in [0.4, 0.5) is 10.5 Å². The highest BCUT2D eigenvalue weighted by Crippen LogP contribution is 3.04. The number of rotatable bonds is 11. The number of phenolic OH excluding ortho intramolecular Hbond substituents is 1. The molecule has 0 amide bonds. The Balaban J connectivity index is 1.33. The van der Waals surface area contributed by atoms with Crippen molar-refractivity contribution in [2.24, 2.45) is 0 Å². The Morgan fingerprint density at radius 2 is 1.49 bits per heavy atom. The number of hydrogen-bond donors (Lipinski definition) is 2. The lowest BCUT2D eigenvalue weighted by Gasteiger charge is -2.40. The standard InChI is InChI=1S/C24H22N2O9P2S4/c25-16-3-12-21(23(28)32-13-1-2-14-33-26(30)31)22(15-16)35-24(29)34-18-6-10-20(11-7-18)37(39)40-36(38,41-37)19-8-4-17(27)5-9-19/h3-12,15,27H,1-2,13-14,25H2. The molecule has 3 N–H and O–H groups in total. The Labute approximate surface area is 252 Å². The lowest BCUT2D eigenvalue weighted by atomic mass is 10.2. The third-order valence-corrected chi connectivity index (χ3v) is 36.6. The Morgan fingerprint density at radius 1 is 0.902 bits per heavy atom. The highest BCUT2D eigenvalue weighted by atomic mass is 33.7. The van der Waals surface area contributed by atoms with Gasteiger partial charge in [-0.2, -0.15) is 0 Å². The SMILES string of the molecule is Nc1ccc(C(=O)OCCCCO[N+](=O)[O-])c(OC(=O)Oc2ccc(P3(=S)SP(=S)(c4ccc(O)cc4)S3)cc2)c1. The van der Waals surface area contributed by atoms with Gasteiger partial charge in [0, 0.05) is 22.4 Å². The van der Waals surface area contributed by atoms with Gasteiger partial charge in [0.25, 0.3) is 5.09 Å². The molecular formula is C24H22N2O9P2S4. The zero-order valence-electron chi connectivity index (χ0n) is 20.9. The van der Waals surface area contributed by atoms with E-state index < -0.39 is 26.1 Å². The first-order valence-corrected chi connectivity index (χ1v) is 21.4. The molecular weight excluding hydrogens is 650 g/mol. The molecule has 3 aromatic carbocycles. The fourth-order valence-electron chi connectivity index (χ4n) is 3.39. The molecule has 1 saturated heterocycles. The summed E-state index contributed by atoms with van der Waals surface area (Å²) in [7, 11) is 0. The number of hydrogen-bond acceptors (Lipinski definition) is 14. The van der Waals surface area contributed by atoms with Gasteiger partial charge in [0.15, 0.2) is 5.75 Å². The van der Waals surface area contributed by atoms with Gasteiger partial charge in [0.05, 0.1) is 22.1 Å². The summed E-state index contributed by atoms with van der Waals surface area (Å²) in [6.45, 7) is -0.135. The molecule has 1 fully saturated rings. The molecule has 41 heavy (non-hydrogen) atoms. The number of benzene rings is 3. The molecule has 0 atom stereocenters. The van der Waals surface area contributed by atoms with Gasteiger partial charge in [-0.15, -0.1) is 10.1 Å². The van der Waals surface area contributed by atoms with Crippen LogP contribution in [-0.2, 0) is 33.2 Å². The molecule has 0 saturated carbocycles. The average Bonchev–Trinajstić information content (AvgIpc) is 2.90. The van der Waals surface area contributed by atoms with E-state index >= 15 is 0 Å². The van der Waals surface area contributed by atoms with Crippen molar-refractivity contribution >= 4 is 82.9 Å². The second kappa shape index (κ2) is 13.5. The Morgan fingerprint density at radius 3 is 2.10 bits per heavy atom. The number of esters is 1. The summed E-state index contributed by atoms with van der Waals surface area (Å²) < 4.78 is 11.7. The van der Waals surface area contributed by atoms with Crippen LogP contribution in [0.3, 0.4) is 0 Å². The average molecular weight is 673 g/mol. The number of ether oxygens (including phenoxy) is 3. The number of carbonyl (C=O) groups excluding carboxylic acids is 2. The largest absolute Gasteiger partial charge is 0.519 e. The van der Waals surface area contributed by atoms with Crippen molar-refractivity contribution in [1.82, 2.24) is 0 Å². The van der Waals surface area contributed by atoms with Gasteiger partial charge in [-0.25, -0.2) is 9.59 Å². The summed E-state index contributed by atoms with van der Waals surface area (Å²) in [5.74, 6) is -0.526. The molecule has 0 radical (unpaired) electrons. The first-order valence-electron chi connectivity index (χ1n) is 11.7. The van der Waals surface area contributed by atoms with Gasteiger partial charge in [-0.3, -0.25) is 0 Å². The smallest absolute Gasteiger partial charge is 0.508 e. The van der Waals surface area contributed by atoms with E-state index in [1.807, 2.05) is 12.1 Å². The van der Waals surface area contributed by atoms with Gasteiger partial charge >= 0.3 is 12.1 Å². The van der Waals surface area contributed by atoms with Crippen molar-refractivity contribution in [3.8, 4) is 17.2 Å². The van der Waals surface area contributed by atoms with Gasteiger partial charge < -0.3 is 29.9 Å². The number of unbranched alkanes of at least 4 members (excludes halogenated alkanes) is 1. The van der Waals surface area contributed by atoms with Crippen LogP contribution in [0.15, 0.2) is 66.7 Å². The topological polar surface area (TPSA) is 160 Å². The summed E-state index contributed by atoms with van der Waals surface area (Å²) >= 11 is 15.1. The van der Waals surface area contributed by atoms with Crippen molar-refractivity contribution in [3.05, 3.63) is 82.4 Å². The number of phenols is 1. The van der Waals surface area contributed by atoms with E-state index in [1.165, 1.54) is 18.2 Å². The monoisotopic (exact) mass is 672 g/mol. The van der Waals surface area contributed by atoms with E-state index in [2.05, 4.69) is 4.84 Å². The van der Waals surface area contributed by atoms with Crippen LogP contribution in [0.5, 0.6) is 17.2 Å². The van der Waals surface area contributed by atoms with Crippen molar-refractivity contribution in [2.45, 2.75) is 12.8 Å². The lowest BCUT2D eigenvalue weighted by Crippen LogP contribution is -2.17. The van der Waals surface area contributed by atoms with Crippen LogP contribution in [-0.4, -0.2) is 35.5 Å². The fraction of sp³-hybridized carbons (Fsp3) is 0.167. The zero-order valence-corrected chi connectivity index (χ0v) is 26.0. The van der Waals surface area contributed by atoms with Crippen LogP contribution in [0.2, 0.25) is 0 Å². The van der Waals surface area contributed by atoms with Gasteiger partial charge in [-0.05, 0) is 73.5 Å². The van der Waals surface area contributed by atoms with Crippen molar-refractivity contribution < 1.29 is 38.8 Å². The third kappa shape index (κ3) is 8.15. The Kier molecular flexibility index (Phi) is 10.2. The summed E-state index contributed by atoms with van der Waals surface area (Å²) in [5, 5.41) is 20.7. The van der Waals surface area contributed by atoms with Crippen LogP contribution < -0.4 is 25.8 Å². The van der Waals surface area contributed by atoms with Gasteiger partial charge in [0.1, 0.15) is 17.1 Å². The van der Waals surface area contributed by atoms with Crippen LogP contribution >= 0.6 is 30.9 Å². The highest BCUT2D eigenvalue weighted by molar-refractivity contribution is 9.48. The maximum Gasteiger partial charge on any atom is 0.519 e. The molecule has 11 nitrogen and oxygen atoms in total. The third-order valence-electron chi connectivity index (χ3n) is 5.34. The van der Waals surface area contributed by atoms with Crippen molar-refractivity contribution in [1.29, 1.82) is 0 Å². The quantitative estimate of drug-likeness (QED) is 0.0482. The normalized spacial score (nSPS) is 19.4. The molecule has 1 aliphatic rings. The summed E-state index contributed by atoms with van der Waals surface area (Å²) in [5.41, 5.74) is 5.99. The van der Waals surface area contributed by atoms with Gasteiger partial charge in [0.2, 0.25) is 0 Å². The number of nitrogens with two attached hydrogens (primary N) is 1. The maximum absolute atomic E-state index is 12.5. The molecule has 0 spiro atoms. The lowest BCUT2D eigenvalue weighted by molar-refractivity contribution is -0.757. The molecule has 0 bridgehead atoms. The van der Waals surface area contributed by atoms with E-state index in [9.17, 15) is 24.8 Å². The number of carbonyl (C=O) groups is 2. The molecule has 3 aromatic rings. The second-order valence-corrected chi connectivity index (χ2v) is 29.6. The molecule has 17 heteroatoms. The molecule has 1 heterocycles. The van der Waals surface area contributed by atoms with Crippen molar-refractivity contribution in [3.63, 3.8) is 0 Å². The Hall–Kier alpha value is -2.80. The minimum absolute atomic E-state index is 0.0202. The second-order valence-electron chi connectivity index (χ2n) is 8.28. The van der Waals surface area contributed by atoms with E-state index in [1.54, 1.807) is 58.4 Å². The van der Waals surface area contributed by atoms with E-state index in [0.717, 1.165) is 10.6 Å². The molecule has 0 unspecified atom stereocenters. The number of nitrogen functional groups attached to an aromatic ring is 1. The van der Waals surface area contributed by atoms with Crippen molar-refractivity contribution in [2.75, 3.05) is 18.9 Å². The fourth-order valence-corrected chi connectivity index (χ4v) is 45.7. The molecule has 216 valence electrons. The summed E-state index contributed by atoms with van der Waals surface area (Å²) in [4.78, 5) is 39.4. The molecule has 0 aromatic heterocycles. The predicted octanol–water partition coefficient (Wildman–Crippen LogP) is 5.75. The zero-order chi connectivity index (χ0) is 29.6. The molecule has 1 aliphatic heterocycles. The maximum atomic E-state index is 12.5. The van der Waals surface area contributed by atoms with E-state index in [4.69, 9.17) is 43.6 Å². The van der Waals surface area contributed by atoms with E-state index in [-0.39, 0.29) is 41.7 Å². The first kappa shape index (κ1) is 31.1. The van der Waals surface area contributed by atoms with Gasteiger partial charge in [-0.1, -0.05) is 45.6 Å². The first-order chi connectivity index (χ1) is 19.5. The van der Waals surface area contributed by atoms with Crippen LogP contribution in [0, 0.1) is 10.1 Å². The minimum Gasteiger partial charge on any atom is -0.508 e. The highest BCUT2D eigenvalue weighted by Gasteiger charge is 2.45. The molecule has 0 aliphatic carbocycles. The summed E-state index contributed by atoms with van der Waals surface area (Å²) in [6.07, 6.45) is -0.447. The number of anilines is 1. The predicted molar refractivity (Wildman–Crippen MR) is 168 cm³/mol. The Bertz CT molecular complexity index is 1540.